The average molecular weight is 329 g/mol. The Morgan fingerprint density at radius 1 is 1.38 bits per heavy atom. The predicted molar refractivity (Wildman–Crippen MR) is 92.4 cm³/mol. The summed E-state index contributed by atoms with van der Waals surface area (Å²) in [7, 11) is 0. The summed E-state index contributed by atoms with van der Waals surface area (Å²) in [4.78, 5) is 4.12. The molecule has 24 heavy (non-hydrogen) atoms. The lowest BCUT2D eigenvalue weighted by Crippen LogP contribution is -2.36. The van der Waals surface area contributed by atoms with Crippen LogP contribution in [0, 0.1) is 11.3 Å². The van der Waals surface area contributed by atoms with Gasteiger partial charge in [0, 0.05) is 38.0 Å². The fourth-order valence-electron chi connectivity index (χ4n) is 3.36. The Hall–Kier alpha value is -1.79. The lowest BCUT2D eigenvalue weighted by molar-refractivity contribution is 0.00719. The van der Waals surface area contributed by atoms with Crippen molar-refractivity contribution < 1.29 is 4.74 Å². The van der Waals surface area contributed by atoms with Crippen molar-refractivity contribution in [2.75, 3.05) is 13.2 Å². The first kappa shape index (κ1) is 17.0. The highest BCUT2D eigenvalue weighted by atomic mass is 16.5. The first-order valence-electron chi connectivity index (χ1n) is 8.62. The van der Waals surface area contributed by atoms with Crippen LogP contribution in [0.3, 0.4) is 0 Å². The van der Waals surface area contributed by atoms with E-state index in [0.29, 0.717) is 18.6 Å². The number of aromatic nitrogens is 4. The maximum absolute atomic E-state index is 5.93. The molecule has 6 nitrogen and oxygen atoms in total. The molecule has 2 atom stereocenters. The highest BCUT2D eigenvalue weighted by molar-refractivity contribution is 5.09. The summed E-state index contributed by atoms with van der Waals surface area (Å²) in [5.74, 6) is 0.565. The van der Waals surface area contributed by atoms with Gasteiger partial charge in [0.15, 0.2) is 0 Å². The third-order valence-electron chi connectivity index (χ3n) is 4.43. The normalized spacial score (nSPS) is 21.3. The molecule has 1 aliphatic heterocycles. The van der Waals surface area contributed by atoms with Gasteiger partial charge >= 0.3 is 0 Å². The summed E-state index contributed by atoms with van der Waals surface area (Å²) in [5.41, 5.74) is 2.28. The Morgan fingerprint density at radius 3 is 3.00 bits per heavy atom. The molecule has 1 saturated heterocycles. The number of pyridine rings is 1. The fraction of sp³-hybridized carbons (Fsp3) is 0.611. The molecule has 2 aromatic heterocycles. The molecule has 0 spiro atoms. The minimum atomic E-state index is 0.190. The van der Waals surface area contributed by atoms with Gasteiger partial charge in [-0.3, -0.25) is 4.98 Å². The standard InChI is InChI=1S/C18H27N5O/c1-18(2,3)17-15(6-8-24-17)10-20-11-16-13-23(22-21-16)12-14-5-4-7-19-9-14/h4-5,7,9,13,15,17,20H,6,8,10-12H2,1-3H3/t15-,17+/m1/s1. The largest absolute Gasteiger partial charge is 0.377 e. The Kier molecular flexibility index (Phi) is 5.26. The third-order valence-corrected chi connectivity index (χ3v) is 4.43. The SMILES string of the molecule is CC(C)(C)[C@H]1OCC[C@@H]1CNCc1cn(Cc2cccnc2)nn1. The van der Waals surface area contributed by atoms with Crippen molar-refractivity contribution in [1.29, 1.82) is 0 Å². The summed E-state index contributed by atoms with van der Waals surface area (Å²) < 4.78 is 7.78. The van der Waals surface area contributed by atoms with Crippen LogP contribution in [0.15, 0.2) is 30.7 Å². The van der Waals surface area contributed by atoms with Gasteiger partial charge in [-0.25, -0.2) is 4.68 Å². The van der Waals surface area contributed by atoms with E-state index in [0.717, 1.165) is 37.4 Å². The summed E-state index contributed by atoms with van der Waals surface area (Å²) in [6, 6.07) is 3.98. The van der Waals surface area contributed by atoms with Gasteiger partial charge in [0.2, 0.25) is 0 Å². The monoisotopic (exact) mass is 329 g/mol. The van der Waals surface area contributed by atoms with Crippen molar-refractivity contribution in [3.05, 3.63) is 42.0 Å². The lowest BCUT2D eigenvalue weighted by Gasteiger charge is -2.31. The van der Waals surface area contributed by atoms with Crippen molar-refractivity contribution in [2.24, 2.45) is 11.3 Å². The summed E-state index contributed by atoms with van der Waals surface area (Å²) in [6.45, 7) is 10.0. The summed E-state index contributed by atoms with van der Waals surface area (Å²) >= 11 is 0. The van der Waals surface area contributed by atoms with Crippen molar-refractivity contribution >= 4 is 0 Å². The second-order valence-electron chi connectivity index (χ2n) is 7.61. The smallest absolute Gasteiger partial charge is 0.0964 e. The van der Waals surface area contributed by atoms with Gasteiger partial charge in [-0.15, -0.1) is 5.10 Å². The van der Waals surface area contributed by atoms with E-state index < -0.39 is 0 Å². The van der Waals surface area contributed by atoms with Gasteiger partial charge in [-0.1, -0.05) is 32.1 Å². The van der Waals surface area contributed by atoms with E-state index in [2.05, 4.69) is 41.4 Å². The van der Waals surface area contributed by atoms with Crippen LogP contribution in [0.25, 0.3) is 0 Å². The van der Waals surface area contributed by atoms with E-state index in [4.69, 9.17) is 4.74 Å². The average Bonchev–Trinajstić information content (AvgIpc) is 3.17. The fourth-order valence-corrected chi connectivity index (χ4v) is 3.36. The first-order chi connectivity index (χ1) is 11.5. The first-order valence-corrected chi connectivity index (χ1v) is 8.62. The molecule has 0 aromatic carbocycles. The van der Waals surface area contributed by atoms with Crippen molar-refractivity contribution in [2.45, 2.75) is 46.4 Å². The Morgan fingerprint density at radius 2 is 2.25 bits per heavy atom. The zero-order chi connectivity index (χ0) is 17.0. The Balaban J connectivity index is 1.47. The van der Waals surface area contributed by atoms with Crippen LogP contribution < -0.4 is 5.32 Å². The highest BCUT2D eigenvalue weighted by Gasteiger charge is 2.36. The molecule has 3 heterocycles. The van der Waals surface area contributed by atoms with E-state index in [1.54, 1.807) is 6.20 Å². The van der Waals surface area contributed by atoms with E-state index >= 15 is 0 Å². The highest BCUT2D eigenvalue weighted by Crippen LogP contribution is 2.34. The Bertz CT molecular complexity index is 634. The molecule has 0 saturated carbocycles. The van der Waals surface area contributed by atoms with Crippen molar-refractivity contribution in [3.8, 4) is 0 Å². The molecule has 6 heteroatoms. The number of nitrogens with zero attached hydrogens (tertiary/aromatic N) is 4. The van der Waals surface area contributed by atoms with Gasteiger partial charge in [-0.05, 0) is 23.5 Å². The number of ether oxygens (including phenoxy) is 1. The van der Waals surface area contributed by atoms with Crippen LogP contribution in [0.4, 0.5) is 0 Å². The van der Waals surface area contributed by atoms with E-state index in [1.165, 1.54) is 0 Å². The van der Waals surface area contributed by atoms with Crippen LogP contribution in [-0.2, 0) is 17.8 Å². The van der Waals surface area contributed by atoms with Gasteiger partial charge in [0.25, 0.3) is 0 Å². The van der Waals surface area contributed by atoms with Gasteiger partial charge < -0.3 is 10.1 Å². The van der Waals surface area contributed by atoms with E-state index in [-0.39, 0.29) is 5.41 Å². The molecule has 3 rings (SSSR count). The molecule has 0 radical (unpaired) electrons. The number of hydrogen-bond donors (Lipinski definition) is 1. The summed E-state index contributed by atoms with van der Waals surface area (Å²) in [6.07, 6.45) is 7.07. The second kappa shape index (κ2) is 7.40. The van der Waals surface area contributed by atoms with Crippen LogP contribution in [-0.4, -0.2) is 39.2 Å². The Labute approximate surface area is 143 Å². The van der Waals surface area contributed by atoms with E-state index in [1.807, 2.05) is 29.2 Å². The zero-order valence-corrected chi connectivity index (χ0v) is 14.8. The minimum absolute atomic E-state index is 0.190. The second-order valence-corrected chi connectivity index (χ2v) is 7.61. The quantitative estimate of drug-likeness (QED) is 0.881. The molecule has 2 aromatic rings. The van der Waals surface area contributed by atoms with Crippen molar-refractivity contribution in [3.63, 3.8) is 0 Å². The molecule has 0 aliphatic carbocycles. The molecule has 1 N–H and O–H groups in total. The molecule has 0 amide bonds. The van der Waals surface area contributed by atoms with Crippen LogP contribution in [0.1, 0.15) is 38.4 Å². The molecule has 1 aliphatic rings. The van der Waals surface area contributed by atoms with Gasteiger partial charge in [0.1, 0.15) is 0 Å². The lowest BCUT2D eigenvalue weighted by atomic mass is 9.81. The number of rotatable bonds is 6. The van der Waals surface area contributed by atoms with Crippen LogP contribution in [0.5, 0.6) is 0 Å². The maximum atomic E-state index is 5.93. The van der Waals surface area contributed by atoms with Gasteiger partial charge in [-0.2, -0.15) is 0 Å². The molecule has 0 unspecified atom stereocenters. The number of hydrogen-bond acceptors (Lipinski definition) is 5. The molecular formula is C18H27N5O. The van der Waals surface area contributed by atoms with Crippen LogP contribution >= 0.6 is 0 Å². The molecular weight excluding hydrogens is 302 g/mol. The van der Waals surface area contributed by atoms with Crippen LogP contribution in [0.2, 0.25) is 0 Å². The molecule has 0 bridgehead atoms. The summed E-state index contributed by atoms with van der Waals surface area (Å²) in [5, 5.41) is 11.9. The molecule has 1 fully saturated rings. The van der Waals surface area contributed by atoms with Crippen molar-refractivity contribution in [1.82, 2.24) is 25.3 Å². The maximum Gasteiger partial charge on any atom is 0.0964 e. The predicted octanol–water partition coefficient (Wildman–Crippen LogP) is 2.26. The van der Waals surface area contributed by atoms with Gasteiger partial charge in [0.05, 0.1) is 24.5 Å². The minimum Gasteiger partial charge on any atom is -0.377 e. The molecule has 130 valence electrons. The van der Waals surface area contributed by atoms with E-state index in [9.17, 15) is 0 Å². The number of nitrogens with one attached hydrogen (secondary N) is 1. The topological polar surface area (TPSA) is 64.9 Å². The zero-order valence-electron chi connectivity index (χ0n) is 14.8. The third kappa shape index (κ3) is 4.39.